The minimum Gasteiger partial charge on any atom is -0.374 e. The van der Waals surface area contributed by atoms with E-state index in [0.717, 1.165) is 31.4 Å². The molecular weight excluding hydrogens is 234 g/mol. The average Bonchev–Trinajstić information content (AvgIpc) is 3.01. The van der Waals surface area contributed by atoms with Gasteiger partial charge in [-0.05, 0) is 26.9 Å². The summed E-state index contributed by atoms with van der Waals surface area (Å²) in [7, 11) is 4.10. The summed E-state index contributed by atoms with van der Waals surface area (Å²) in [6.07, 6.45) is 2.65. The Morgan fingerprint density at radius 3 is 3.06 bits per heavy atom. The summed E-state index contributed by atoms with van der Waals surface area (Å²) in [6, 6.07) is 0.749. The molecule has 1 fully saturated rings. The van der Waals surface area contributed by atoms with Crippen molar-refractivity contribution in [2.45, 2.75) is 32.0 Å². The molecule has 0 spiro atoms. The maximum Gasteiger partial charge on any atom is 0.107 e. The quantitative estimate of drug-likeness (QED) is 0.714. The lowest BCUT2D eigenvalue weighted by molar-refractivity contribution is 0.103. The summed E-state index contributed by atoms with van der Waals surface area (Å²) in [5.41, 5.74) is 1.06. The lowest BCUT2D eigenvalue weighted by atomic mass is 10.5. The molecule has 1 aliphatic rings. The fourth-order valence-corrected chi connectivity index (χ4v) is 2.17. The molecule has 0 aliphatic heterocycles. The first-order valence-electron chi connectivity index (χ1n) is 6.13. The monoisotopic (exact) mass is 255 g/mol. The molecule has 0 aromatic carbocycles. The van der Waals surface area contributed by atoms with E-state index in [0.29, 0.717) is 6.61 Å². The lowest BCUT2D eigenvalue weighted by Crippen LogP contribution is -2.18. The van der Waals surface area contributed by atoms with Crippen LogP contribution < -0.4 is 5.32 Å². The van der Waals surface area contributed by atoms with Crippen molar-refractivity contribution >= 4 is 11.3 Å². The minimum absolute atomic E-state index is 0.633. The zero-order valence-corrected chi connectivity index (χ0v) is 11.4. The smallest absolute Gasteiger partial charge is 0.107 e. The van der Waals surface area contributed by atoms with Crippen molar-refractivity contribution in [3.63, 3.8) is 0 Å². The number of likely N-dealkylation sites (N-methyl/N-ethyl adjacent to an activating group) is 1. The second kappa shape index (κ2) is 6.44. The highest BCUT2D eigenvalue weighted by Gasteiger charge is 2.20. The van der Waals surface area contributed by atoms with Crippen molar-refractivity contribution in [2.75, 3.05) is 27.2 Å². The Kier molecular flexibility index (Phi) is 4.91. The first-order valence-corrected chi connectivity index (χ1v) is 7.01. The second-order valence-electron chi connectivity index (χ2n) is 4.74. The van der Waals surface area contributed by atoms with Crippen molar-refractivity contribution in [3.8, 4) is 0 Å². The molecule has 0 unspecified atom stereocenters. The van der Waals surface area contributed by atoms with Crippen LogP contribution >= 0.6 is 11.3 Å². The van der Waals surface area contributed by atoms with Crippen LogP contribution in [0.4, 0.5) is 0 Å². The third kappa shape index (κ3) is 5.12. The number of nitrogens with zero attached hydrogens (tertiary/aromatic N) is 2. The van der Waals surface area contributed by atoms with Gasteiger partial charge >= 0.3 is 0 Å². The van der Waals surface area contributed by atoms with Gasteiger partial charge in [0.2, 0.25) is 0 Å². The van der Waals surface area contributed by atoms with Crippen LogP contribution in [0.3, 0.4) is 0 Å². The van der Waals surface area contributed by atoms with Gasteiger partial charge in [0.05, 0.1) is 18.9 Å². The third-order valence-electron chi connectivity index (χ3n) is 2.65. The zero-order valence-electron chi connectivity index (χ0n) is 10.6. The Bertz CT molecular complexity index is 336. The number of ether oxygens (including phenoxy) is 1. The highest BCUT2D eigenvalue weighted by molar-refractivity contribution is 7.09. The van der Waals surface area contributed by atoms with Crippen molar-refractivity contribution < 1.29 is 4.74 Å². The molecule has 0 radical (unpaired) electrons. The van der Waals surface area contributed by atoms with Crippen LogP contribution in [-0.4, -0.2) is 43.2 Å². The summed E-state index contributed by atoms with van der Waals surface area (Å²) in [4.78, 5) is 6.66. The Labute approximate surface area is 107 Å². The van der Waals surface area contributed by atoms with Gasteiger partial charge in [0.15, 0.2) is 0 Å². The molecule has 0 saturated heterocycles. The summed E-state index contributed by atoms with van der Waals surface area (Å²) in [5.74, 6) is 0. The highest BCUT2D eigenvalue weighted by Crippen LogP contribution is 2.20. The molecule has 0 bridgehead atoms. The number of hydrogen-bond donors (Lipinski definition) is 1. The number of hydrogen-bond acceptors (Lipinski definition) is 5. The third-order valence-corrected chi connectivity index (χ3v) is 3.55. The van der Waals surface area contributed by atoms with E-state index in [1.807, 2.05) is 14.1 Å². The van der Waals surface area contributed by atoms with Gasteiger partial charge in [-0.3, -0.25) is 0 Å². The number of rotatable bonds is 8. The van der Waals surface area contributed by atoms with Crippen LogP contribution in [0.15, 0.2) is 5.38 Å². The molecule has 0 amide bonds. The van der Waals surface area contributed by atoms with E-state index in [1.54, 1.807) is 11.3 Å². The number of thiazole rings is 1. The van der Waals surface area contributed by atoms with Crippen LogP contribution in [0.25, 0.3) is 0 Å². The van der Waals surface area contributed by atoms with Crippen molar-refractivity contribution in [2.24, 2.45) is 0 Å². The molecule has 0 atom stereocenters. The van der Waals surface area contributed by atoms with Crippen LogP contribution in [0, 0.1) is 0 Å². The largest absolute Gasteiger partial charge is 0.374 e. The molecular formula is C12H21N3OS. The number of aromatic nitrogens is 1. The SMILES string of the molecule is CN(C)CCOCc1csc(CNC2CC2)n1. The van der Waals surface area contributed by atoms with Gasteiger partial charge in [-0.2, -0.15) is 0 Å². The predicted octanol–water partition coefficient (Wildman–Crippen LogP) is 1.47. The predicted molar refractivity (Wildman–Crippen MR) is 70.2 cm³/mol. The van der Waals surface area contributed by atoms with Crippen LogP contribution in [0.5, 0.6) is 0 Å². The van der Waals surface area contributed by atoms with Gasteiger partial charge in [-0.25, -0.2) is 4.98 Å². The molecule has 2 rings (SSSR count). The summed E-state index contributed by atoms with van der Waals surface area (Å²) in [5, 5.41) is 6.74. The van der Waals surface area contributed by atoms with Gasteiger partial charge < -0.3 is 15.0 Å². The van der Waals surface area contributed by atoms with Gasteiger partial charge in [-0.15, -0.1) is 11.3 Å². The molecule has 1 N–H and O–H groups in total. The summed E-state index contributed by atoms with van der Waals surface area (Å²) in [6.45, 7) is 3.27. The molecule has 1 aromatic rings. The van der Waals surface area contributed by atoms with E-state index in [-0.39, 0.29) is 0 Å². The van der Waals surface area contributed by atoms with Crippen molar-refractivity contribution in [1.29, 1.82) is 0 Å². The molecule has 1 aliphatic carbocycles. The van der Waals surface area contributed by atoms with Crippen LogP contribution in [0.2, 0.25) is 0 Å². The molecule has 17 heavy (non-hydrogen) atoms. The molecule has 1 aromatic heterocycles. The molecule has 1 saturated carbocycles. The first-order chi connectivity index (χ1) is 8.24. The topological polar surface area (TPSA) is 37.4 Å². The standard InChI is InChI=1S/C12H21N3OS/c1-15(2)5-6-16-8-11-9-17-12(14-11)7-13-10-3-4-10/h9-10,13H,3-8H2,1-2H3. The van der Waals surface area contributed by atoms with Crippen molar-refractivity contribution in [3.05, 3.63) is 16.1 Å². The fourth-order valence-electron chi connectivity index (χ4n) is 1.44. The Morgan fingerprint density at radius 1 is 1.53 bits per heavy atom. The van der Waals surface area contributed by atoms with Crippen molar-refractivity contribution in [1.82, 2.24) is 15.2 Å². The van der Waals surface area contributed by atoms with E-state index in [9.17, 15) is 0 Å². The maximum atomic E-state index is 5.56. The van der Waals surface area contributed by atoms with E-state index in [1.165, 1.54) is 17.8 Å². The maximum absolute atomic E-state index is 5.56. The fraction of sp³-hybridized carbons (Fsp3) is 0.750. The van der Waals surface area contributed by atoms with E-state index in [4.69, 9.17) is 4.74 Å². The van der Waals surface area contributed by atoms with Crippen LogP contribution in [-0.2, 0) is 17.9 Å². The normalized spacial score (nSPS) is 15.7. The first kappa shape index (κ1) is 13.0. The average molecular weight is 255 g/mol. The molecule has 5 heteroatoms. The van der Waals surface area contributed by atoms with Gasteiger partial charge in [0, 0.05) is 24.5 Å². The summed E-state index contributed by atoms with van der Waals surface area (Å²) < 4.78 is 5.56. The van der Waals surface area contributed by atoms with Gasteiger partial charge in [0.1, 0.15) is 5.01 Å². The van der Waals surface area contributed by atoms with E-state index < -0.39 is 0 Å². The van der Waals surface area contributed by atoms with E-state index >= 15 is 0 Å². The molecule has 4 nitrogen and oxygen atoms in total. The van der Waals surface area contributed by atoms with Crippen LogP contribution in [0.1, 0.15) is 23.5 Å². The minimum atomic E-state index is 0.633. The van der Waals surface area contributed by atoms with Gasteiger partial charge in [-0.1, -0.05) is 0 Å². The molecule has 1 heterocycles. The zero-order chi connectivity index (χ0) is 12.1. The Hall–Kier alpha value is -0.490. The molecule has 96 valence electrons. The summed E-state index contributed by atoms with van der Waals surface area (Å²) >= 11 is 1.72. The van der Waals surface area contributed by atoms with Gasteiger partial charge in [0.25, 0.3) is 0 Å². The van der Waals surface area contributed by atoms with E-state index in [2.05, 4.69) is 20.6 Å². The number of nitrogens with one attached hydrogen (secondary N) is 1. The highest BCUT2D eigenvalue weighted by atomic mass is 32.1. The second-order valence-corrected chi connectivity index (χ2v) is 5.69. The lowest BCUT2D eigenvalue weighted by Gasteiger charge is -2.08. The Morgan fingerprint density at radius 2 is 2.35 bits per heavy atom. The Balaban J connectivity index is 1.62.